The molecule has 1 aliphatic heterocycles. The molecule has 0 radical (unpaired) electrons. The maximum absolute atomic E-state index is 12.4. The van der Waals surface area contributed by atoms with Crippen LogP contribution in [0.1, 0.15) is 68.8 Å². The number of rotatable bonds is 9. The standard InChI is InChI=1S/C19H30N4O4/c1-3-9-21(10-4-2)17(24)5-6-18(25)22-11-7-16(8-12-22)23-14-15(13-20-23)19(26)27/h13-14,16H,3-12H2,1-2H3,(H,26,27). The van der Waals surface area contributed by atoms with E-state index in [9.17, 15) is 14.4 Å². The average molecular weight is 378 g/mol. The lowest BCUT2D eigenvalue weighted by Crippen LogP contribution is -2.40. The molecule has 0 bridgehead atoms. The lowest BCUT2D eigenvalue weighted by molar-refractivity contribution is -0.137. The van der Waals surface area contributed by atoms with Crippen LogP contribution in [0.25, 0.3) is 0 Å². The fourth-order valence-corrected chi connectivity index (χ4v) is 3.46. The second-order valence-corrected chi connectivity index (χ2v) is 7.01. The third-order valence-corrected chi connectivity index (χ3v) is 4.93. The molecule has 0 saturated carbocycles. The Hall–Kier alpha value is -2.38. The zero-order valence-corrected chi connectivity index (χ0v) is 16.3. The molecule has 1 aliphatic rings. The van der Waals surface area contributed by atoms with E-state index in [2.05, 4.69) is 5.10 Å². The lowest BCUT2D eigenvalue weighted by atomic mass is 10.0. The first-order chi connectivity index (χ1) is 13.0. The molecule has 1 saturated heterocycles. The molecule has 2 rings (SSSR count). The Bertz CT molecular complexity index is 644. The predicted octanol–water partition coefficient (Wildman–Crippen LogP) is 2.17. The highest BCUT2D eigenvalue weighted by atomic mass is 16.4. The van der Waals surface area contributed by atoms with Gasteiger partial charge in [0, 0.05) is 45.2 Å². The number of carbonyl (C=O) groups is 3. The van der Waals surface area contributed by atoms with Crippen molar-refractivity contribution in [3.8, 4) is 0 Å². The van der Waals surface area contributed by atoms with Crippen molar-refractivity contribution in [1.82, 2.24) is 19.6 Å². The summed E-state index contributed by atoms with van der Waals surface area (Å²) < 4.78 is 1.68. The molecule has 150 valence electrons. The molecule has 2 amide bonds. The average Bonchev–Trinajstić information content (AvgIpc) is 3.16. The minimum Gasteiger partial charge on any atom is -0.478 e. The van der Waals surface area contributed by atoms with Gasteiger partial charge in [-0.15, -0.1) is 0 Å². The molecule has 1 aromatic heterocycles. The summed E-state index contributed by atoms with van der Waals surface area (Å²) in [7, 11) is 0. The van der Waals surface area contributed by atoms with Gasteiger partial charge in [-0.05, 0) is 25.7 Å². The van der Waals surface area contributed by atoms with Crippen LogP contribution in [0.2, 0.25) is 0 Å². The molecule has 1 aromatic rings. The van der Waals surface area contributed by atoms with Gasteiger partial charge in [0.25, 0.3) is 0 Å². The quantitative estimate of drug-likeness (QED) is 0.710. The predicted molar refractivity (Wildman–Crippen MR) is 100 cm³/mol. The van der Waals surface area contributed by atoms with Crippen molar-refractivity contribution in [1.29, 1.82) is 0 Å². The number of likely N-dealkylation sites (tertiary alicyclic amines) is 1. The van der Waals surface area contributed by atoms with Gasteiger partial charge >= 0.3 is 5.97 Å². The molecular formula is C19H30N4O4. The van der Waals surface area contributed by atoms with Crippen molar-refractivity contribution in [3.05, 3.63) is 18.0 Å². The van der Waals surface area contributed by atoms with Crippen molar-refractivity contribution in [2.24, 2.45) is 0 Å². The first kappa shape index (κ1) is 20.9. The van der Waals surface area contributed by atoms with E-state index in [0.717, 1.165) is 38.8 Å². The molecule has 0 unspecified atom stereocenters. The van der Waals surface area contributed by atoms with E-state index in [1.807, 2.05) is 18.7 Å². The molecule has 0 atom stereocenters. The van der Waals surface area contributed by atoms with Crippen LogP contribution in [-0.4, -0.2) is 68.6 Å². The van der Waals surface area contributed by atoms with Crippen LogP contribution in [0, 0.1) is 0 Å². The second kappa shape index (κ2) is 10.1. The molecule has 0 aromatic carbocycles. The number of carbonyl (C=O) groups excluding carboxylic acids is 2. The first-order valence-corrected chi connectivity index (χ1v) is 9.79. The normalized spacial score (nSPS) is 15.0. The van der Waals surface area contributed by atoms with Gasteiger partial charge in [0.2, 0.25) is 11.8 Å². The van der Waals surface area contributed by atoms with Gasteiger partial charge in [0.15, 0.2) is 0 Å². The van der Waals surface area contributed by atoms with Gasteiger partial charge in [0.05, 0.1) is 17.8 Å². The fourth-order valence-electron chi connectivity index (χ4n) is 3.46. The van der Waals surface area contributed by atoms with Crippen LogP contribution in [0.15, 0.2) is 12.4 Å². The van der Waals surface area contributed by atoms with Crippen molar-refractivity contribution in [2.45, 2.75) is 58.4 Å². The summed E-state index contributed by atoms with van der Waals surface area (Å²) in [5.74, 6) is -0.917. The number of amides is 2. The topological polar surface area (TPSA) is 95.7 Å². The molecule has 8 nitrogen and oxygen atoms in total. The number of piperidine rings is 1. The fraction of sp³-hybridized carbons (Fsp3) is 0.684. The van der Waals surface area contributed by atoms with Crippen LogP contribution in [-0.2, 0) is 9.59 Å². The number of carboxylic acids is 1. The van der Waals surface area contributed by atoms with Gasteiger partial charge in [0.1, 0.15) is 0 Å². The summed E-state index contributed by atoms with van der Waals surface area (Å²) in [5.41, 5.74) is 0.177. The Morgan fingerprint density at radius 3 is 2.30 bits per heavy atom. The van der Waals surface area contributed by atoms with Crippen LogP contribution in [0.4, 0.5) is 0 Å². The minimum atomic E-state index is -0.987. The summed E-state index contributed by atoms with van der Waals surface area (Å²) in [6.07, 6.45) is 6.71. The number of carboxylic acid groups (broad SMARTS) is 1. The second-order valence-electron chi connectivity index (χ2n) is 7.01. The summed E-state index contributed by atoms with van der Waals surface area (Å²) in [4.78, 5) is 39.3. The lowest BCUT2D eigenvalue weighted by Gasteiger charge is -2.32. The number of hydrogen-bond donors (Lipinski definition) is 1. The molecule has 8 heteroatoms. The number of aromatic carboxylic acids is 1. The van der Waals surface area contributed by atoms with Crippen molar-refractivity contribution in [2.75, 3.05) is 26.2 Å². The highest BCUT2D eigenvalue weighted by Crippen LogP contribution is 2.23. The number of nitrogens with zero attached hydrogens (tertiary/aromatic N) is 4. The number of aromatic nitrogens is 2. The minimum absolute atomic E-state index is 0.0152. The summed E-state index contributed by atoms with van der Waals surface area (Å²) >= 11 is 0. The van der Waals surface area contributed by atoms with Crippen LogP contribution in [0.3, 0.4) is 0 Å². The van der Waals surface area contributed by atoms with E-state index in [0.29, 0.717) is 13.1 Å². The third kappa shape index (κ3) is 5.80. The monoisotopic (exact) mass is 378 g/mol. The van der Waals surface area contributed by atoms with Crippen LogP contribution < -0.4 is 0 Å². The third-order valence-electron chi connectivity index (χ3n) is 4.93. The molecule has 2 heterocycles. The number of hydrogen-bond acceptors (Lipinski definition) is 4. The molecule has 0 aliphatic carbocycles. The largest absolute Gasteiger partial charge is 0.478 e. The molecule has 1 N–H and O–H groups in total. The summed E-state index contributed by atoms with van der Waals surface area (Å²) in [6.45, 7) is 6.79. The van der Waals surface area contributed by atoms with E-state index in [1.165, 1.54) is 6.20 Å². The van der Waals surface area contributed by atoms with Gasteiger partial charge in [-0.1, -0.05) is 13.8 Å². The maximum atomic E-state index is 12.4. The van der Waals surface area contributed by atoms with E-state index in [4.69, 9.17) is 5.11 Å². The van der Waals surface area contributed by atoms with Crippen molar-refractivity contribution < 1.29 is 19.5 Å². The van der Waals surface area contributed by atoms with E-state index >= 15 is 0 Å². The zero-order valence-electron chi connectivity index (χ0n) is 16.3. The Balaban J connectivity index is 1.78. The van der Waals surface area contributed by atoms with Crippen LogP contribution in [0.5, 0.6) is 0 Å². The smallest absolute Gasteiger partial charge is 0.338 e. The van der Waals surface area contributed by atoms with Crippen molar-refractivity contribution >= 4 is 17.8 Å². The molecular weight excluding hydrogens is 348 g/mol. The van der Waals surface area contributed by atoms with Gasteiger partial charge in [-0.2, -0.15) is 5.10 Å². The zero-order chi connectivity index (χ0) is 19.8. The van der Waals surface area contributed by atoms with Gasteiger partial charge in [-0.3, -0.25) is 14.3 Å². The van der Waals surface area contributed by atoms with Crippen molar-refractivity contribution in [3.63, 3.8) is 0 Å². The summed E-state index contributed by atoms with van der Waals surface area (Å²) in [6, 6.07) is 0.105. The Labute approximate surface area is 160 Å². The SMILES string of the molecule is CCCN(CCC)C(=O)CCC(=O)N1CCC(n2cc(C(=O)O)cn2)CC1. The summed E-state index contributed by atoms with van der Waals surface area (Å²) in [5, 5.41) is 13.1. The van der Waals surface area contributed by atoms with E-state index < -0.39 is 5.97 Å². The first-order valence-electron chi connectivity index (χ1n) is 9.79. The Kier molecular flexibility index (Phi) is 7.82. The highest BCUT2D eigenvalue weighted by Gasteiger charge is 2.25. The molecule has 0 spiro atoms. The van der Waals surface area contributed by atoms with Gasteiger partial charge < -0.3 is 14.9 Å². The highest BCUT2D eigenvalue weighted by molar-refractivity contribution is 5.86. The van der Waals surface area contributed by atoms with Crippen LogP contribution >= 0.6 is 0 Å². The maximum Gasteiger partial charge on any atom is 0.338 e. The van der Waals surface area contributed by atoms with E-state index in [-0.39, 0.29) is 36.3 Å². The van der Waals surface area contributed by atoms with Gasteiger partial charge in [-0.25, -0.2) is 4.79 Å². The Morgan fingerprint density at radius 2 is 1.78 bits per heavy atom. The Morgan fingerprint density at radius 1 is 1.15 bits per heavy atom. The van der Waals surface area contributed by atoms with E-state index in [1.54, 1.807) is 15.8 Å². The molecule has 1 fully saturated rings. The molecule has 27 heavy (non-hydrogen) atoms.